The highest BCUT2D eigenvalue weighted by Gasteiger charge is 2.67. The maximum Gasteiger partial charge on any atom is 0.0686 e. The third kappa shape index (κ3) is 0.693. The zero-order chi connectivity index (χ0) is 8.56. The summed E-state index contributed by atoms with van der Waals surface area (Å²) in [7, 11) is 0. The van der Waals surface area contributed by atoms with Gasteiger partial charge in [-0.2, -0.15) is 0 Å². The Morgan fingerprint density at radius 3 is 1.92 bits per heavy atom. The van der Waals surface area contributed by atoms with E-state index >= 15 is 0 Å². The Labute approximate surface area is 74.2 Å². The van der Waals surface area contributed by atoms with Gasteiger partial charge in [-0.3, -0.25) is 0 Å². The Balaban J connectivity index is 1.83. The molecule has 12 heavy (non-hydrogen) atoms. The van der Waals surface area contributed by atoms with Crippen LogP contribution in [0, 0.1) is 23.2 Å². The molecule has 1 N–H and O–H groups in total. The van der Waals surface area contributed by atoms with Gasteiger partial charge >= 0.3 is 0 Å². The van der Waals surface area contributed by atoms with Crippen LogP contribution in [0.1, 0.15) is 39.5 Å². The lowest BCUT2D eigenvalue weighted by Gasteiger charge is -2.69. The Hall–Kier alpha value is -0.0400. The molecule has 0 aromatic rings. The maximum atomic E-state index is 9.94. The molecule has 1 heteroatoms. The number of aliphatic hydroxyl groups is 1. The van der Waals surface area contributed by atoms with Crippen LogP contribution in [0.3, 0.4) is 0 Å². The van der Waals surface area contributed by atoms with Crippen molar-refractivity contribution in [1.82, 2.24) is 0 Å². The average molecular weight is 166 g/mol. The number of hydrogen-bond donors (Lipinski definition) is 1. The third-order valence-corrected chi connectivity index (χ3v) is 4.50. The second-order valence-electron chi connectivity index (χ2n) is 6.13. The molecule has 3 saturated carbocycles. The largest absolute Gasteiger partial charge is 0.390 e. The second-order valence-corrected chi connectivity index (χ2v) is 6.13. The zero-order valence-electron chi connectivity index (χ0n) is 8.01. The molecule has 3 fully saturated rings. The Bertz CT molecular complexity index is 213. The van der Waals surface area contributed by atoms with Gasteiger partial charge in [0.05, 0.1) is 5.60 Å². The molecule has 3 rings (SSSR count). The predicted octanol–water partition coefficient (Wildman–Crippen LogP) is 2.19. The standard InChI is InChI=1S/C11H18O/c1-10(2)3-7-5-11(12)6-8(4-10)9(7)11/h7-9,12H,3-6H2,1-2H3. The van der Waals surface area contributed by atoms with Crippen molar-refractivity contribution in [2.24, 2.45) is 23.2 Å². The second kappa shape index (κ2) is 1.75. The molecular formula is C11H18O. The van der Waals surface area contributed by atoms with Crippen molar-refractivity contribution in [2.75, 3.05) is 0 Å². The van der Waals surface area contributed by atoms with Gasteiger partial charge in [-0.05, 0) is 48.9 Å². The lowest BCUT2D eigenvalue weighted by molar-refractivity contribution is -0.275. The van der Waals surface area contributed by atoms with Crippen LogP contribution in [-0.2, 0) is 0 Å². The fourth-order valence-electron chi connectivity index (χ4n) is 4.36. The summed E-state index contributed by atoms with van der Waals surface area (Å²) in [5.41, 5.74) is 0.388. The molecular weight excluding hydrogens is 148 g/mol. The fourth-order valence-corrected chi connectivity index (χ4v) is 4.36. The first-order valence-corrected chi connectivity index (χ1v) is 5.23. The molecule has 3 aliphatic rings. The van der Waals surface area contributed by atoms with Crippen LogP contribution < -0.4 is 0 Å². The van der Waals surface area contributed by atoms with E-state index in [4.69, 9.17) is 0 Å². The van der Waals surface area contributed by atoms with Gasteiger partial charge in [0.1, 0.15) is 0 Å². The fraction of sp³-hybridized carbons (Fsp3) is 1.00. The third-order valence-electron chi connectivity index (χ3n) is 4.50. The molecule has 3 aliphatic carbocycles. The molecule has 0 aromatic heterocycles. The zero-order valence-corrected chi connectivity index (χ0v) is 8.01. The molecule has 1 nitrogen and oxygen atoms in total. The SMILES string of the molecule is CC1(C)CC2CC3(O)CC(C1)C23. The highest BCUT2D eigenvalue weighted by atomic mass is 16.3. The van der Waals surface area contributed by atoms with Gasteiger partial charge in [-0.1, -0.05) is 13.8 Å². The first-order chi connectivity index (χ1) is 5.50. The summed E-state index contributed by atoms with van der Waals surface area (Å²) in [6, 6.07) is 0. The van der Waals surface area contributed by atoms with Crippen LogP contribution in [0.2, 0.25) is 0 Å². The molecule has 0 bridgehead atoms. The van der Waals surface area contributed by atoms with E-state index in [0.29, 0.717) is 11.3 Å². The lowest BCUT2D eigenvalue weighted by atomic mass is 9.38. The highest BCUT2D eigenvalue weighted by molar-refractivity contribution is 5.17. The van der Waals surface area contributed by atoms with E-state index in [2.05, 4.69) is 13.8 Å². The summed E-state index contributed by atoms with van der Waals surface area (Å²) in [6.07, 6.45) is 4.93. The quantitative estimate of drug-likeness (QED) is 0.585. The van der Waals surface area contributed by atoms with Gasteiger partial charge in [0, 0.05) is 0 Å². The van der Waals surface area contributed by atoms with E-state index in [1.165, 1.54) is 12.8 Å². The van der Waals surface area contributed by atoms with E-state index in [1.54, 1.807) is 0 Å². The van der Waals surface area contributed by atoms with E-state index < -0.39 is 0 Å². The molecule has 0 aliphatic heterocycles. The van der Waals surface area contributed by atoms with Crippen LogP contribution >= 0.6 is 0 Å². The van der Waals surface area contributed by atoms with Gasteiger partial charge in [0.2, 0.25) is 0 Å². The van der Waals surface area contributed by atoms with Gasteiger partial charge in [0.15, 0.2) is 0 Å². The number of rotatable bonds is 0. The topological polar surface area (TPSA) is 20.2 Å². The van der Waals surface area contributed by atoms with Crippen molar-refractivity contribution in [2.45, 2.75) is 45.1 Å². The first kappa shape index (κ1) is 7.37. The summed E-state index contributed by atoms with van der Waals surface area (Å²) in [4.78, 5) is 0. The summed E-state index contributed by atoms with van der Waals surface area (Å²) in [5, 5.41) is 9.94. The summed E-state index contributed by atoms with van der Waals surface area (Å²) < 4.78 is 0. The normalized spacial score (nSPS) is 59.8. The minimum atomic E-state index is -0.175. The first-order valence-electron chi connectivity index (χ1n) is 5.23. The van der Waals surface area contributed by atoms with E-state index in [9.17, 15) is 5.11 Å². The van der Waals surface area contributed by atoms with Crippen molar-refractivity contribution in [3.05, 3.63) is 0 Å². The van der Waals surface area contributed by atoms with Gasteiger partial charge in [-0.25, -0.2) is 0 Å². The summed E-state index contributed by atoms with van der Waals surface area (Å²) in [5.74, 6) is 2.46. The highest BCUT2D eigenvalue weighted by Crippen LogP contribution is 2.68. The average Bonchev–Trinajstić information content (AvgIpc) is 1.79. The molecule has 0 saturated heterocycles. The lowest BCUT2D eigenvalue weighted by Crippen LogP contribution is -2.69. The molecule has 0 radical (unpaired) electrons. The predicted molar refractivity (Wildman–Crippen MR) is 47.7 cm³/mol. The van der Waals surface area contributed by atoms with Gasteiger partial charge in [0.25, 0.3) is 0 Å². The molecule has 2 unspecified atom stereocenters. The minimum absolute atomic E-state index is 0.175. The van der Waals surface area contributed by atoms with Crippen molar-refractivity contribution < 1.29 is 5.11 Å². The van der Waals surface area contributed by atoms with E-state index in [0.717, 1.165) is 24.7 Å². The van der Waals surface area contributed by atoms with E-state index in [-0.39, 0.29) is 5.60 Å². The van der Waals surface area contributed by atoms with Crippen LogP contribution in [-0.4, -0.2) is 10.7 Å². The summed E-state index contributed by atoms with van der Waals surface area (Å²) in [6.45, 7) is 4.78. The van der Waals surface area contributed by atoms with Crippen molar-refractivity contribution in [3.8, 4) is 0 Å². The smallest absolute Gasteiger partial charge is 0.0686 e. The van der Waals surface area contributed by atoms with Crippen molar-refractivity contribution >= 4 is 0 Å². The van der Waals surface area contributed by atoms with Crippen LogP contribution in [0.25, 0.3) is 0 Å². The van der Waals surface area contributed by atoms with Crippen molar-refractivity contribution in [1.29, 1.82) is 0 Å². The maximum absolute atomic E-state index is 9.94. The van der Waals surface area contributed by atoms with Crippen LogP contribution in [0.15, 0.2) is 0 Å². The van der Waals surface area contributed by atoms with Crippen LogP contribution in [0.5, 0.6) is 0 Å². The van der Waals surface area contributed by atoms with E-state index in [1.807, 2.05) is 0 Å². The molecule has 0 heterocycles. The molecule has 0 spiro atoms. The summed E-state index contributed by atoms with van der Waals surface area (Å²) >= 11 is 0. The minimum Gasteiger partial charge on any atom is -0.390 e. The molecule has 2 atom stereocenters. The molecule has 0 amide bonds. The monoisotopic (exact) mass is 166 g/mol. The molecule has 0 aromatic carbocycles. The Morgan fingerprint density at radius 2 is 1.50 bits per heavy atom. The Morgan fingerprint density at radius 1 is 1.00 bits per heavy atom. The van der Waals surface area contributed by atoms with Gasteiger partial charge < -0.3 is 5.11 Å². The van der Waals surface area contributed by atoms with Crippen molar-refractivity contribution in [3.63, 3.8) is 0 Å². The number of hydrogen-bond acceptors (Lipinski definition) is 1. The Kier molecular flexibility index (Phi) is 1.07. The van der Waals surface area contributed by atoms with Gasteiger partial charge in [-0.15, -0.1) is 0 Å². The van der Waals surface area contributed by atoms with Crippen LogP contribution in [0.4, 0.5) is 0 Å². The molecule has 68 valence electrons.